The van der Waals surface area contributed by atoms with E-state index in [4.69, 9.17) is 5.26 Å². The van der Waals surface area contributed by atoms with E-state index in [2.05, 4.69) is 47.0 Å². The van der Waals surface area contributed by atoms with Crippen LogP contribution in [0, 0.1) is 11.3 Å². The van der Waals surface area contributed by atoms with Crippen LogP contribution < -0.4 is 0 Å². The van der Waals surface area contributed by atoms with Crippen molar-refractivity contribution in [2.75, 3.05) is 20.1 Å². The average Bonchev–Trinajstić information content (AvgIpc) is 2.55. The molecule has 0 bridgehead atoms. The fourth-order valence-corrected chi connectivity index (χ4v) is 2.61. The van der Waals surface area contributed by atoms with E-state index in [0.717, 1.165) is 26.1 Å². The Morgan fingerprint density at radius 1 is 1.42 bits per heavy atom. The molecule has 2 heterocycles. The maximum atomic E-state index is 8.97. The molecule has 4 heteroatoms. The quantitative estimate of drug-likeness (QED) is 0.830. The van der Waals surface area contributed by atoms with Crippen LogP contribution in [0.5, 0.6) is 0 Å². The number of pyridine rings is 1. The highest BCUT2D eigenvalue weighted by Gasteiger charge is 2.26. The molecule has 0 saturated carbocycles. The van der Waals surface area contributed by atoms with Crippen molar-refractivity contribution in [3.8, 4) is 6.07 Å². The molecular formula is C15H22N4. The van der Waals surface area contributed by atoms with E-state index >= 15 is 0 Å². The summed E-state index contributed by atoms with van der Waals surface area (Å²) >= 11 is 0. The van der Waals surface area contributed by atoms with Crippen LogP contribution in [0.1, 0.15) is 25.3 Å². The molecule has 2 rings (SSSR count). The molecule has 4 nitrogen and oxygen atoms in total. The summed E-state index contributed by atoms with van der Waals surface area (Å²) in [5.41, 5.74) is 1.29. The second-order valence-corrected chi connectivity index (χ2v) is 5.42. The largest absolute Gasteiger partial charge is 0.301 e. The van der Waals surface area contributed by atoms with Crippen LogP contribution in [0.2, 0.25) is 0 Å². The van der Waals surface area contributed by atoms with E-state index in [0.29, 0.717) is 18.5 Å². The first-order chi connectivity index (χ1) is 9.20. The van der Waals surface area contributed by atoms with Crippen molar-refractivity contribution in [3.63, 3.8) is 0 Å². The summed E-state index contributed by atoms with van der Waals surface area (Å²) in [5, 5.41) is 8.97. The zero-order chi connectivity index (χ0) is 13.7. The van der Waals surface area contributed by atoms with Crippen molar-refractivity contribution in [1.29, 1.82) is 5.26 Å². The standard InChI is InChI=1S/C15H22N4/c1-13-6-10-18(2)15(3-7-16)12-19(13)11-14-4-8-17-9-5-14/h4-5,8-9,13,15H,3,6,10-12H2,1-2H3. The van der Waals surface area contributed by atoms with Gasteiger partial charge in [-0.15, -0.1) is 0 Å². The van der Waals surface area contributed by atoms with Crippen molar-refractivity contribution in [2.24, 2.45) is 0 Å². The normalized spacial score (nSPS) is 25.7. The molecule has 102 valence electrons. The summed E-state index contributed by atoms with van der Waals surface area (Å²) in [6.45, 7) is 5.26. The molecule has 2 atom stereocenters. The second kappa shape index (κ2) is 6.65. The Hall–Kier alpha value is -1.44. The van der Waals surface area contributed by atoms with Gasteiger partial charge >= 0.3 is 0 Å². The van der Waals surface area contributed by atoms with Gasteiger partial charge in [0.1, 0.15) is 0 Å². The highest BCUT2D eigenvalue weighted by Crippen LogP contribution is 2.18. The van der Waals surface area contributed by atoms with E-state index in [1.807, 2.05) is 12.4 Å². The molecule has 0 aliphatic carbocycles. The van der Waals surface area contributed by atoms with E-state index in [-0.39, 0.29) is 0 Å². The van der Waals surface area contributed by atoms with E-state index in [1.54, 1.807) is 0 Å². The van der Waals surface area contributed by atoms with Crippen LogP contribution in [0.3, 0.4) is 0 Å². The number of nitriles is 1. The number of rotatable bonds is 3. The van der Waals surface area contributed by atoms with Gasteiger partial charge in [-0.25, -0.2) is 0 Å². The number of likely N-dealkylation sites (N-methyl/N-ethyl adjacent to an activating group) is 1. The van der Waals surface area contributed by atoms with Crippen molar-refractivity contribution in [2.45, 2.75) is 38.4 Å². The van der Waals surface area contributed by atoms with Gasteiger partial charge in [-0.2, -0.15) is 5.26 Å². The molecule has 0 N–H and O–H groups in total. The number of aromatic nitrogens is 1. The van der Waals surface area contributed by atoms with Crippen LogP contribution >= 0.6 is 0 Å². The lowest BCUT2D eigenvalue weighted by atomic mass is 10.1. The lowest BCUT2D eigenvalue weighted by Crippen LogP contribution is -2.40. The zero-order valence-corrected chi connectivity index (χ0v) is 11.8. The Balaban J connectivity index is 2.07. The van der Waals surface area contributed by atoms with Gasteiger partial charge in [0.25, 0.3) is 0 Å². The van der Waals surface area contributed by atoms with E-state index in [9.17, 15) is 0 Å². The molecule has 0 spiro atoms. The minimum atomic E-state index is 0.344. The first kappa shape index (κ1) is 14.0. The molecule has 2 unspecified atom stereocenters. The fraction of sp³-hybridized carbons (Fsp3) is 0.600. The molecule has 0 amide bonds. The molecule has 1 aliphatic heterocycles. The van der Waals surface area contributed by atoms with Gasteiger partial charge in [-0.1, -0.05) is 0 Å². The predicted octanol–water partition coefficient (Wildman–Crippen LogP) is 1.89. The summed E-state index contributed by atoms with van der Waals surface area (Å²) in [6.07, 6.45) is 5.45. The Kier molecular flexibility index (Phi) is 4.89. The second-order valence-electron chi connectivity index (χ2n) is 5.42. The van der Waals surface area contributed by atoms with Gasteiger partial charge in [0.2, 0.25) is 0 Å². The fourth-order valence-electron chi connectivity index (χ4n) is 2.61. The van der Waals surface area contributed by atoms with Gasteiger partial charge in [0, 0.05) is 37.6 Å². The smallest absolute Gasteiger partial charge is 0.0638 e. The maximum absolute atomic E-state index is 8.97. The van der Waals surface area contributed by atoms with Crippen LogP contribution in [-0.4, -0.2) is 47.0 Å². The molecule has 1 aromatic rings. The van der Waals surface area contributed by atoms with Crippen molar-refractivity contribution >= 4 is 0 Å². The Labute approximate surface area is 115 Å². The van der Waals surface area contributed by atoms with Gasteiger partial charge < -0.3 is 4.90 Å². The zero-order valence-electron chi connectivity index (χ0n) is 11.8. The molecule has 19 heavy (non-hydrogen) atoms. The Morgan fingerprint density at radius 3 is 2.84 bits per heavy atom. The van der Waals surface area contributed by atoms with Crippen LogP contribution in [0.15, 0.2) is 24.5 Å². The number of nitrogens with zero attached hydrogens (tertiary/aromatic N) is 4. The van der Waals surface area contributed by atoms with E-state index in [1.165, 1.54) is 5.56 Å². The first-order valence-corrected chi connectivity index (χ1v) is 6.91. The minimum absolute atomic E-state index is 0.344. The summed E-state index contributed by atoms with van der Waals surface area (Å²) in [6, 6.07) is 7.36. The summed E-state index contributed by atoms with van der Waals surface area (Å²) in [5.74, 6) is 0. The predicted molar refractivity (Wildman–Crippen MR) is 75.4 cm³/mol. The highest BCUT2D eigenvalue weighted by molar-refractivity contribution is 5.10. The number of hydrogen-bond donors (Lipinski definition) is 0. The first-order valence-electron chi connectivity index (χ1n) is 6.91. The molecule has 1 fully saturated rings. The summed E-state index contributed by atoms with van der Waals surface area (Å²) in [4.78, 5) is 8.88. The van der Waals surface area contributed by atoms with Gasteiger partial charge in [0.05, 0.1) is 12.5 Å². The molecule has 1 saturated heterocycles. The number of hydrogen-bond acceptors (Lipinski definition) is 4. The lowest BCUT2D eigenvalue weighted by molar-refractivity contribution is 0.175. The van der Waals surface area contributed by atoms with Gasteiger partial charge in [-0.05, 0) is 44.6 Å². The molecule has 0 aromatic carbocycles. The third-order valence-electron chi connectivity index (χ3n) is 4.05. The molecular weight excluding hydrogens is 236 g/mol. The Bertz CT molecular complexity index is 426. The third-order valence-corrected chi connectivity index (χ3v) is 4.05. The van der Waals surface area contributed by atoms with Crippen molar-refractivity contribution in [1.82, 2.24) is 14.8 Å². The highest BCUT2D eigenvalue weighted by atomic mass is 15.2. The monoisotopic (exact) mass is 258 g/mol. The minimum Gasteiger partial charge on any atom is -0.301 e. The van der Waals surface area contributed by atoms with Crippen molar-refractivity contribution in [3.05, 3.63) is 30.1 Å². The summed E-state index contributed by atoms with van der Waals surface area (Å²) < 4.78 is 0. The van der Waals surface area contributed by atoms with Gasteiger partial charge in [0.15, 0.2) is 0 Å². The van der Waals surface area contributed by atoms with Crippen LogP contribution in [-0.2, 0) is 6.54 Å². The summed E-state index contributed by atoms with van der Waals surface area (Å²) in [7, 11) is 2.13. The molecule has 1 aromatic heterocycles. The Morgan fingerprint density at radius 2 is 2.16 bits per heavy atom. The lowest BCUT2D eigenvalue weighted by Gasteiger charge is -2.30. The maximum Gasteiger partial charge on any atom is 0.0638 e. The third kappa shape index (κ3) is 3.76. The average molecular weight is 258 g/mol. The van der Waals surface area contributed by atoms with Crippen molar-refractivity contribution < 1.29 is 0 Å². The van der Waals surface area contributed by atoms with Crippen LogP contribution in [0.4, 0.5) is 0 Å². The molecule has 0 radical (unpaired) electrons. The SMILES string of the molecule is CC1CCN(C)C(CC#N)CN1Cc1ccncc1. The van der Waals surface area contributed by atoms with Crippen LogP contribution in [0.25, 0.3) is 0 Å². The van der Waals surface area contributed by atoms with Gasteiger partial charge in [-0.3, -0.25) is 9.88 Å². The molecule has 1 aliphatic rings. The van der Waals surface area contributed by atoms with E-state index < -0.39 is 0 Å². The topological polar surface area (TPSA) is 43.2 Å².